The summed E-state index contributed by atoms with van der Waals surface area (Å²) in [5.41, 5.74) is 1.73. The summed E-state index contributed by atoms with van der Waals surface area (Å²) in [5, 5.41) is 20.6. The Balaban J connectivity index is 1.63. The second-order valence-electron chi connectivity index (χ2n) is 8.69. The minimum atomic E-state index is -0.0954. The van der Waals surface area contributed by atoms with E-state index in [9.17, 15) is 10.2 Å². The Morgan fingerprint density at radius 2 is 1.95 bits per heavy atom. The van der Waals surface area contributed by atoms with Crippen LogP contribution in [-0.2, 0) is 0 Å². The quantitative estimate of drug-likeness (QED) is 0.670. The lowest BCUT2D eigenvalue weighted by Crippen LogP contribution is -2.47. The number of aliphatic hydroxyl groups is 2. The molecule has 0 aromatic heterocycles. The van der Waals surface area contributed by atoms with Gasteiger partial charge in [0, 0.05) is 0 Å². The summed E-state index contributed by atoms with van der Waals surface area (Å²) in [6.07, 6.45) is 10.3. The zero-order valence-corrected chi connectivity index (χ0v) is 13.5. The second kappa shape index (κ2) is 4.83. The molecule has 0 radical (unpaired) electrons. The molecule has 0 heterocycles. The lowest BCUT2D eigenvalue weighted by molar-refractivity contribution is -0.0550. The molecule has 4 aliphatic carbocycles. The average molecular weight is 290 g/mol. The van der Waals surface area contributed by atoms with E-state index in [1.54, 1.807) is 5.57 Å². The number of rotatable bonds is 0. The van der Waals surface area contributed by atoms with E-state index in [-0.39, 0.29) is 17.6 Å². The fourth-order valence-corrected chi connectivity index (χ4v) is 6.59. The maximum atomic E-state index is 10.7. The third-order valence-corrected chi connectivity index (χ3v) is 7.70. The lowest BCUT2D eigenvalue weighted by atomic mass is 9.53. The first-order valence-corrected chi connectivity index (χ1v) is 9.05. The van der Waals surface area contributed by atoms with Gasteiger partial charge in [-0.05, 0) is 80.0 Å². The molecule has 4 aliphatic rings. The third-order valence-electron chi connectivity index (χ3n) is 7.70. The molecule has 3 fully saturated rings. The van der Waals surface area contributed by atoms with Crippen LogP contribution in [0.2, 0.25) is 0 Å². The van der Waals surface area contributed by atoms with E-state index in [2.05, 4.69) is 19.9 Å². The minimum absolute atomic E-state index is 0.0915. The molecule has 0 spiro atoms. The van der Waals surface area contributed by atoms with Crippen LogP contribution in [0.5, 0.6) is 0 Å². The van der Waals surface area contributed by atoms with Crippen LogP contribution in [0.3, 0.4) is 0 Å². The highest BCUT2D eigenvalue weighted by molar-refractivity contribution is 5.20. The van der Waals surface area contributed by atoms with Gasteiger partial charge < -0.3 is 10.2 Å². The van der Waals surface area contributed by atoms with Gasteiger partial charge in [0.25, 0.3) is 0 Å². The van der Waals surface area contributed by atoms with Crippen molar-refractivity contribution in [3.05, 3.63) is 11.6 Å². The van der Waals surface area contributed by atoms with Crippen LogP contribution in [0, 0.1) is 35.0 Å². The van der Waals surface area contributed by atoms with Gasteiger partial charge in [0.15, 0.2) is 0 Å². The fourth-order valence-electron chi connectivity index (χ4n) is 6.59. The van der Waals surface area contributed by atoms with Crippen LogP contribution >= 0.6 is 0 Å². The SMILES string of the molecule is C[C@H]1CC2C3CC=C4C[C@@H](O)CC[C@@H]4C3CC[C@]2(C)[C@H]1O. The van der Waals surface area contributed by atoms with E-state index in [1.807, 2.05) is 0 Å². The van der Waals surface area contributed by atoms with E-state index in [0.29, 0.717) is 11.8 Å². The highest BCUT2D eigenvalue weighted by Crippen LogP contribution is 2.62. The van der Waals surface area contributed by atoms with Crippen molar-refractivity contribution in [2.45, 2.75) is 71.0 Å². The van der Waals surface area contributed by atoms with Crippen molar-refractivity contribution in [2.75, 3.05) is 0 Å². The number of allylic oxidation sites excluding steroid dienone is 1. The molecule has 0 amide bonds. The van der Waals surface area contributed by atoms with Crippen molar-refractivity contribution in [1.29, 1.82) is 0 Å². The Kier molecular flexibility index (Phi) is 3.28. The third kappa shape index (κ3) is 1.98. The highest BCUT2D eigenvalue weighted by Gasteiger charge is 2.57. The van der Waals surface area contributed by atoms with E-state index < -0.39 is 0 Å². The Morgan fingerprint density at radius 1 is 1.14 bits per heavy atom. The molecule has 0 aromatic rings. The number of hydrogen-bond donors (Lipinski definition) is 2. The molecular formula is C19H30O2. The van der Waals surface area contributed by atoms with Gasteiger partial charge in [-0.25, -0.2) is 0 Å². The first-order chi connectivity index (χ1) is 10.0. The van der Waals surface area contributed by atoms with Crippen molar-refractivity contribution in [2.24, 2.45) is 35.0 Å². The summed E-state index contributed by atoms with van der Waals surface area (Å²) in [6.45, 7) is 4.59. The number of aliphatic hydroxyl groups excluding tert-OH is 2. The molecular weight excluding hydrogens is 260 g/mol. The van der Waals surface area contributed by atoms with Crippen LogP contribution in [0.15, 0.2) is 11.6 Å². The average Bonchev–Trinajstić information content (AvgIpc) is 2.70. The Hall–Kier alpha value is -0.340. The van der Waals surface area contributed by atoms with E-state index in [0.717, 1.165) is 30.6 Å². The summed E-state index contributed by atoms with van der Waals surface area (Å²) >= 11 is 0. The molecule has 4 rings (SSSR count). The summed E-state index contributed by atoms with van der Waals surface area (Å²) < 4.78 is 0. The summed E-state index contributed by atoms with van der Waals surface area (Å²) in [4.78, 5) is 0. The van der Waals surface area contributed by atoms with Gasteiger partial charge in [-0.2, -0.15) is 0 Å². The molecule has 2 N–H and O–H groups in total. The van der Waals surface area contributed by atoms with E-state index >= 15 is 0 Å². The molecule has 0 bridgehead atoms. The normalized spacial score (nSPS) is 56.2. The van der Waals surface area contributed by atoms with Gasteiger partial charge >= 0.3 is 0 Å². The van der Waals surface area contributed by atoms with Crippen molar-refractivity contribution in [3.63, 3.8) is 0 Å². The molecule has 8 atom stereocenters. The summed E-state index contributed by atoms with van der Waals surface area (Å²) in [6, 6.07) is 0. The molecule has 0 aliphatic heterocycles. The summed E-state index contributed by atoms with van der Waals surface area (Å²) in [7, 11) is 0. The van der Waals surface area contributed by atoms with Crippen LogP contribution < -0.4 is 0 Å². The first-order valence-electron chi connectivity index (χ1n) is 9.05. The molecule has 118 valence electrons. The lowest BCUT2D eigenvalue weighted by Gasteiger charge is -2.53. The Labute approximate surface area is 128 Å². The van der Waals surface area contributed by atoms with E-state index in [1.165, 1.54) is 32.1 Å². The van der Waals surface area contributed by atoms with Gasteiger partial charge in [-0.3, -0.25) is 0 Å². The zero-order valence-electron chi connectivity index (χ0n) is 13.5. The monoisotopic (exact) mass is 290 g/mol. The van der Waals surface area contributed by atoms with Crippen LogP contribution in [0.4, 0.5) is 0 Å². The molecule has 3 unspecified atom stereocenters. The predicted molar refractivity (Wildman–Crippen MR) is 83.6 cm³/mol. The van der Waals surface area contributed by atoms with Crippen molar-refractivity contribution >= 4 is 0 Å². The zero-order chi connectivity index (χ0) is 14.8. The molecule has 2 nitrogen and oxygen atoms in total. The Morgan fingerprint density at radius 3 is 2.76 bits per heavy atom. The largest absolute Gasteiger partial charge is 0.393 e. The predicted octanol–water partition coefficient (Wildman–Crippen LogP) is 3.53. The smallest absolute Gasteiger partial charge is 0.0622 e. The van der Waals surface area contributed by atoms with Crippen molar-refractivity contribution in [3.8, 4) is 0 Å². The van der Waals surface area contributed by atoms with Gasteiger partial charge in [0.1, 0.15) is 0 Å². The maximum absolute atomic E-state index is 10.7. The van der Waals surface area contributed by atoms with Gasteiger partial charge in [-0.1, -0.05) is 25.5 Å². The van der Waals surface area contributed by atoms with Gasteiger partial charge in [-0.15, -0.1) is 0 Å². The molecule has 0 saturated heterocycles. The highest BCUT2D eigenvalue weighted by atomic mass is 16.3. The van der Waals surface area contributed by atoms with Crippen LogP contribution in [0.25, 0.3) is 0 Å². The van der Waals surface area contributed by atoms with Crippen LogP contribution in [-0.4, -0.2) is 22.4 Å². The Bertz CT molecular complexity index is 456. The molecule has 2 heteroatoms. The van der Waals surface area contributed by atoms with Gasteiger partial charge in [0.05, 0.1) is 12.2 Å². The second-order valence-corrected chi connectivity index (χ2v) is 8.69. The summed E-state index contributed by atoms with van der Waals surface area (Å²) in [5.74, 6) is 3.54. The fraction of sp³-hybridized carbons (Fsp3) is 0.895. The minimum Gasteiger partial charge on any atom is -0.393 e. The molecule has 21 heavy (non-hydrogen) atoms. The number of hydrogen-bond acceptors (Lipinski definition) is 2. The molecule has 3 saturated carbocycles. The maximum Gasteiger partial charge on any atom is 0.0622 e. The van der Waals surface area contributed by atoms with Gasteiger partial charge in [0.2, 0.25) is 0 Å². The van der Waals surface area contributed by atoms with Crippen LogP contribution in [0.1, 0.15) is 58.8 Å². The van der Waals surface area contributed by atoms with E-state index in [4.69, 9.17) is 0 Å². The topological polar surface area (TPSA) is 40.5 Å². The number of fused-ring (bicyclic) bond motifs is 5. The standard InChI is InChI=1S/C19H30O2/c1-11-9-17-16-5-3-12-10-13(20)4-6-14(12)15(16)7-8-19(17,2)18(11)21/h3,11,13-18,20-21H,4-10H2,1-2H3/t11-,13-,14-,15?,16?,17?,18-,19-/m0/s1. The van der Waals surface area contributed by atoms with Crippen molar-refractivity contribution < 1.29 is 10.2 Å². The molecule has 0 aromatic carbocycles. The first kappa shape index (κ1) is 14.3. The van der Waals surface area contributed by atoms with Crippen molar-refractivity contribution in [1.82, 2.24) is 0 Å².